The molecule has 10 heteroatoms. The van der Waals surface area contributed by atoms with Gasteiger partial charge < -0.3 is 5.32 Å². The largest absolute Gasteiger partial charge is 0.416 e. The van der Waals surface area contributed by atoms with Crippen LogP contribution in [0, 0.1) is 3.57 Å². The molecule has 3 aromatic carbocycles. The van der Waals surface area contributed by atoms with E-state index in [2.05, 4.69) is 32.6 Å². The Morgan fingerprint density at radius 3 is 2.10 bits per heavy atom. The first-order valence-corrected chi connectivity index (χ1v) is 11.0. The number of carbonyl (C=O) groups is 1. The molecule has 30 heavy (non-hydrogen) atoms. The predicted octanol–water partition coefficient (Wildman–Crippen LogP) is 5.36. The van der Waals surface area contributed by atoms with Gasteiger partial charge in [-0.1, -0.05) is 6.07 Å². The minimum Gasteiger partial charge on any atom is -0.322 e. The molecule has 0 fully saturated rings. The third-order valence-electron chi connectivity index (χ3n) is 3.97. The fraction of sp³-hybridized carbons (Fsp3) is 0.0500. The summed E-state index contributed by atoms with van der Waals surface area (Å²) in [5.74, 6) is -0.357. The summed E-state index contributed by atoms with van der Waals surface area (Å²) in [5.41, 5.74) is -0.354. The lowest BCUT2D eigenvalue weighted by molar-refractivity contribution is -0.137. The number of hydrogen-bond acceptors (Lipinski definition) is 3. The van der Waals surface area contributed by atoms with Gasteiger partial charge in [-0.15, -0.1) is 0 Å². The smallest absolute Gasteiger partial charge is 0.322 e. The summed E-state index contributed by atoms with van der Waals surface area (Å²) in [6, 6.07) is 16.1. The van der Waals surface area contributed by atoms with Crippen LogP contribution < -0.4 is 10.0 Å². The molecule has 0 aliphatic carbocycles. The molecule has 0 saturated heterocycles. The molecular weight excluding hydrogens is 532 g/mol. The molecule has 0 atom stereocenters. The van der Waals surface area contributed by atoms with Crippen molar-refractivity contribution in [3.8, 4) is 0 Å². The predicted molar refractivity (Wildman–Crippen MR) is 116 cm³/mol. The number of halogens is 4. The maximum atomic E-state index is 12.8. The zero-order valence-corrected chi connectivity index (χ0v) is 18.0. The van der Waals surface area contributed by atoms with Crippen LogP contribution in [0.2, 0.25) is 0 Å². The van der Waals surface area contributed by atoms with Crippen molar-refractivity contribution in [3.63, 3.8) is 0 Å². The van der Waals surface area contributed by atoms with Gasteiger partial charge in [0.25, 0.3) is 15.9 Å². The second kappa shape index (κ2) is 8.64. The lowest BCUT2D eigenvalue weighted by Gasteiger charge is -2.12. The van der Waals surface area contributed by atoms with E-state index in [0.717, 1.165) is 15.7 Å². The minimum absolute atomic E-state index is 0.160. The third kappa shape index (κ3) is 5.51. The number of rotatable bonds is 5. The fourth-order valence-corrected chi connectivity index (χ4v) is 3.90. The van der Waals surface area contributed by atoms with Crippen LogP contribution in [0.15, 0.2) is 77.7 Å². The van der Waals surface area contributed by atoms with Crippen LogP contribution in [-0.2, 0) is 16.2 Å². The number of benzene rings is 3. The van der Waals surface area contributed by atoms with Gasteiger partial charge in [0.1, 0.15) is 0 Å². The number of alkyl halides is 3. The maximum absolute atomic E-state index is 12.8. The fourth-order valence-electron chi connectivity index (χ4n) is 2.50. The zero-order valence-electron chi connectivity index (χ0n) is 15.1. The highest BCUT2D eigenvalue weighted by Gasteiger charge is 2.30. The van der Waals surface area contributed by atoms with E-state index in [9.17, 15) is 26.4 Å². The molecule has 0 aliphatic rings. The van der Waals surface area contributed by atoms with Crippen molar-refractivity contribution in [2.45, 2.75) is 11.1 Å². The summed E-state index contributed by atoms with van der Waals surface area (Å²) < 4.78 is 66.4. The van der Waals surface area contributed by atoms with E-state index in [1.807, 2.05) is 0 Å². The molecule has 5 nitrogen and oxygen atoms in total. The minimum atomic E-state index is -4.58. The lowest BCUT2D eigenvalue weighted by atomic mass is 10.2. The van der Waals surface area contributed by atoms with E-state index >= 15 is 0 Å². The highest BCUT2D eigenvalue weighted by Crippen LogP contribution is 2.31. The quantitative estimate of drug-likeness (QED) is 0.423. The number of anilines is 2. The maximum Gasteiger partial charge on any atom is 0.416 e. The molecule has 156 valence electrons. The van der Waals surface area contributed by atoms with Crippen molar-refractivity contribution in [1.29, 1.82) is 0 Å². The highest BCUT2D eigenvalue weighted by atomic mass is 127. The summed E-state index contributed by atoms with van der Waals surface area (Å²) in [5, 5.41) is 2.65. The molecule has 0 saturated carbocycles. The van der Waals surface area contributed by atoms with Crippen molar-refractivity contribution < 1.29 is 26.4 Å². The summed E-state index contributed by atoms with van der Waals surface area (Å²) in [4.78, 5) is 12.1. The van der Waals surface area contributed by atoms with Gasteiger partial charge in [0, 0.05) is 20.5 Å². The summed E-state index contributed by atoms with van der Waals surface area (Å²) in [6.07, 6.45) is -4.58. The molecule has 3 aromatic rings. The average molecular weight is 546 g/mol. The van der Waals surface area contributed by atoms with Gasteiger partial charge in [0.2, 0.25) is 0 Å². The van der Waals surface area contributed by atoms with Crippen LogP contribution in [0.3, 0.4) is 0 Å². The second-order valence-corrected chi connectivity index (χ2v) is 9.10. The molecule has 0 heterocycles. The highest BCUT2D eigenvalue weighted by molar-refractivity contribution is 14.1. The Labute approximate surface area is 184 Å². The Balaban J connectivity index is 1.73. The first-order valence-electron chi connectivity index (χ1n) is 8.42. The molecule has 1 amide bonds. The Morgan fingerprint density at radius 1 is 0.867 bits per heavy atom. The van der Waals surface area contributed by atoms with Gasteiger partial charge in [-0.2, -0.15) is 13.2 Å². The van der Waals surface area contributed by atoms with Crippen LogP contribution in [0.4, 0.5) is 24.5 Å². The van der Waals surface area contributed by atoms with Crippen LogP contribution in [0.1, 0.15) is 15.9 Å². The number of hydrogen-bond donors (Lipinski definition) is 2. The Bertz CT molecular complexity index is 1160. The van der Waals surface area contributed by atoms with Gasteiger partial charge in [-0.3, -0.25) is 9.52 Å². The number of nitrogens with one attached hydrogen (secondary N) is 2. The monoisotopic (exact) mass is 546 g/mol. The van der Waals surface area contributed by atoms with Crippen LogP contribution in [0.5, 0.6) is 0 Å². The van der Waals surface area contributed by atoms with E-state index < -0.39 is 21.8 Å². The molecule has 0 bridgehead atoms. The summed E-state index contributed by atoms with van der Waals surface area (Å²) >= 11 is 2.12. The molecule has 2 N–H and O–H groups in total. The topological polar surface area (TPSA) is 75.3 Å². The van der Waals surface area contributed by atoms with Gasteiger partial charge in [0.15, 0.2) is 0 Å². The standard InChI is InChI=1S/C20H14F3IN2O3S/c21-20(22,23)14-2-1-3-17(12-14)26-30(28,29)18-10-8-16(9-11-18)25-19(27)13-4-6-15(24)7-5-13/h1-12,26H,(H,25,27). The lowest BCUT2D eigenvalue weighted by Crippen LogP contribution is -2.15. The van der Waals surface area contributed by atoms with Crippen LogP contribution in [0.25, 0.3) is 0 Å². The van der Waals surface area contributed by atoms with Crippen LogP contribution in [-0.4, -0.2) is 14.3 Å². The van der Waals surface area contributed by atoms with E-state index in [1.165, 1.54) is 30.3 Å². The Kier molecular flexibility index (Phi) is 6.36. The average Bonchev–Trinajstić information content (AvgIpc) is 2.68. The van der Waals surface area contributed by atoms with Crippen molar-refractivity contribution in [2.24, 2.45) is 0 Å². The van der Waals surface area contributed by atoms with Gasteiger partial charge in [-0.25, -0.2) is 8.42 Å². The van der Waals surface area contributed by atoms with Crippen molar-refractivity contribution in [1.82, 2.24) is 0 Å². The van der Waals surface area contributed by atoms with E-state index in [4.69, 9.17) is 0 Å². The summed E-state index contributed by atoms with van der Waals surface area (Å²) in [6.45, 7) is 0. The molecular formula is C20H14F3IN2O3S. The van der Waals surface area contributed by atoms with Crippen molar-refractivity contribution >= 4 is 49.9 Å². The SMILES string of the molecule is O=C(Nc1ccc(S(=O)(=O)Nc2cccc(C(F)(F)F)c2)cc1)c1ccc(I)cc1. The number of sulfonamides is 1. The van der Waals surface area contributed by atoms with E-state index in [1.54, 1.807) is 24.3 Å². The van der Waals surface area contributed by atoms with Crippen molar-refractivity contribution in [3.05, 3.63) is 87.5 Å². The van der Waals surface area contributed by atoms with Gasteiger partial charge in [-0.05, 0) is 89.3 Å². The Hall–Kier alpha value is -2.60. The molecule has 0 aliphatic heterocycles. The van der Waals surface area contributed by atoms with Gasteiger partial charge >= 0.3 is 6.18 Å². The molecule has 0 unspecified atom stereocenters. The second-order valence-electron chi connectivity index (χ2n) is 6.17. The number of carbonyl (C=O) groups excluding carboxylic acids is 1. The first-order chi connectivity index (χ1) is 14.0. The number of amides is 1. The van der Waals surface area contributed by atoms with E-state index in [-0.39, 0.29) is 16.5 Å². The first kappa shape index (κ1) is 22.1. The van der Waals surface area contributed by atoms with Crippen molar-refractivity contribution in [2.75, 3.05) is 10.0 Å². The molecule has 0 aromatic heterocycles. The van der Waals surface area contributed by atoms with E-state index in [0.29, 0.717) is 17.3 Å². The summed E-state index contributed by atoms with van der Waals surface area (Å²) in [7, 11) is -4.11. The molecule has 0 spiro atoms. The van der Waals surface area contributed by atoms with Crippen LogP contribution >= 0.6 is 22.6 Å². The normalized spacial score (nSPS) is 11.7. The third-order valence-corrected chi connectivity index (χ3v) is 6.09. The Morgan fingerprint density at radius 2 is 1.50 bits per heavy atom. The zero-order chi connectivity index (χ0) is 21.9. The van der Waals surface area contributed by atoms with Gasteiger partial charge in [0.05, 0.1) is 10.5 Å². The molecule has 0 radical (unpaired) electrons. The molecule has 3 rings (SSSR count).